The lowest BCUT2D eigenvalue weighted by atomic mass is 10.00. The van der Waals surface area contributed by atoms with E-state index in [1.54, 1.807) is 6.08 Å². The highest BCUT2D eigenvalue weighted by atomic mass is 19.4. The topological polar surface area (TPSA) is 26.0 Å². The summed E-state index contributed by atoms with van der Waals surface area (Å²) >= 11 is 0. The van der Waals surface area contributed by atoms with Gasteiger partial charge < -0.3 is 5.73 Å². The van der Waals surface area contributed by atoms with Gasteiger partial charge in [0.1, 0.15) is 5.82 Å². The van der Waals surface area contributed by atoms with Crippen molar-refractivity contribution >= 4 is 0 Å². The molecule has 0 radical (unpaired) electrons. The van der Waals surface area contributed by atoms with Crippen LogP contribution in [0.15, 0.2) is 30.9 Å². The number of nitrogens with two attached hydrogens (primary N) is 1. The molecular formula is C12H13F4N. The lowest BCUT2D eigenvalue weighted by Crippen LogP contribution is -2.14. The summed E-state index contributed by atoms with van der Waals surface area (Å²) in [7, 11) is 0. The minimum Gasteiger partial charge on any atom is -0.324 e. The van der Waals surface area contributed by atoms with Crippen molar-refractivity contribution in [1.29, 1.82) is 0 Å². The average molecular weight is 247 g/mol. The van der Waals surface area contributed by atoms with Gasteiger partial charge in [-0.05, 0) is 31.0 Å². The number of halogens is 4. The fourth-order valence-corrected chi connectivity index (χ4v) is 1.46. The third-order valence-electron chi connectivity index (χ3n) is 2.40. The summed E-state index contributed by atoms with van der Waals surface area (Å²) in [5, 5.41) is 0. The van der Waals surface area contributed by atoms with E-state index in [1.807, 2.05) is 0 Å². The standard InChI is InChI=1S/C12H13F4N/c1-2-3-4-11(17)9-7-8(12(14,15)16)5-6-10(9)13/h2,5-7,11H,1,3-4,17H2. The Morgan fingerprint density at radius 2 is 2.00 bits per heavy atom. The van der Waals surface area contributed by atoms with Gasteiger partial charge in [0.2, 0.25) is 0 Å². The van der Waals surface area contributed by atoms with Gasteiger partial charge in [-0.2, -0.15) is 13.2 Å². The van der Waals surface area contributed by atoms with Crippen LogP contribution in [-0.4, -0.2) is 0 Å². The fourth-order valence-electron chi connectivity index (χ4n) is 1.46. The molecule has 1 nitrogen and oxygen atoms in total. The zero-order valence-corrected chi connectivity index (χ0v) is 9.10. The second kappa shape index (κ2) is 5.31. The van der Waals surface area contributed by atoms with Crippen molar-refractivity contribution in [2.45, 2.75) is 25.1 Å². The predicted octanol–water partition coefficient (Wildman–Crippen LogP) is 3.81. The summed E-state index contributed by atoms with van der Waals surface area (Å²) in [5.74, 6) is -0.713. The largest absolute Gasteiger partial charge is 0.416 e. The molecule has 0 aromatic heterocycles. The summed E-state index contributed by atoms with van der Waals surface area (Å²) in [5.41, 5.74) is 4.64. The Bertz CT molecular complexity index is 398. The molecule has 0 aliphatic carbocycles. The lowest BCUT2D eigenvalue weighted by Gasteiger charge is -2.14. The molecule has 0 aliphatic rings. The van der Waals surface area contributed by atoms with Crippen molar-refractivity contribution < 1.29 is 17.6 Å². The number of alkyl halides is 3. The molecule has 17 heavy (non-hydrogen) atoms. The van der Waals surface area contributed by atoms with Gasteiger partial charge in [-0.1, -0.05) is 6.08 Å². The maximum Gasteiger partial charge on any atom is 0.416 e. The van der Waals surface area contributed by atoms with E-state index < -0.39 is 23.6 Å². The second-order valence-electron chi connectivity index (χ2n) is 3.71. The minimum atomic E-state index is -4.49. The molecule has 1 aromatic carbocycles. The van der Waals surface area contributed by atoms with E-state index in [4.69, 9.17) is 5.73 Å². The zero-order valence-electron chi connectivity index (χ0n) is 9.10. The van der Waals surface area contributed by atoms with E-state index in [1.165, 1.54) is 0 Å². The first-order valence-corrected chi connectivity index (χ1v) is 5.09. The molecule has 1 rings (SSSR count). The number of rotatable bonds is 4. The van der Waals surface area contributed by atoms with Gasteiger partial charge in [0.25, 0.3) is 0 Å². The highest BCUT2D eigenvalue weighted by molar-refractivity contribution is 5.29. The van der Waals surface area contributed by atoms with Crippen LogP contribution in [-0.2, 0) is 6.18 Å². The van der Waals surface area contributed by atoms with Crippen LogP contribution in [0.4, 0.5) is 17.6 Å². The van der Waals surface area contributed by atoms with Gasteiger partial charge >= 0.3 is 6.18 Å². The van der Waals surface area contributed by atoms with Gasteiger partial charge in [0.15, 0.2) is 0 Å². The van der Waals surface area contributed by atoms with Crippen LogP contribution in [0.25, 0.3) is 0 Å². The Morgan fingerprint density at radius 1 is 1.35 bits per heavy atom. The molecule has 1 unspecified atom stereocenters. The predicted molar refractivity (Wildman–Crippen MR) is 57.8 cm³/mol. The van der Waals surface area contributed by atoms with E-state index in [9.17, 15) is 17.6 Å². The first-order chi connectivity index (χ1) is 7.86. The Morgan fingerprint density at radius 3 is 2.53 bits per heavy atom. The SMILES string of the molecule is C=CCCC(N)c1cc(C(F)(F)F)ccc1F. The second-order valence-corrected chi connectivity index (χ2v) is 3.71. The average Bonchev–Trinajstić information content (AvgIpc) is 2.24. The molecule has 0 saturated carbocycles. The van der Waals surface area contributed by atoms with Crippen LogP contribution >= 0.6 is 0 Å². The zero-order chi connectivity index (χ0) is 13.1. The van der Waals surface area contributed by atoms with Crippen LogP contribution < -0.4 is 5.73 Å². The Hall–Kier alpha value is -1.36. The number of hydrogen-bond acceptors (Lipinski definition) is 1. The molecule has 2 N–H and O–H groups in total. The maximum absolute atomic E-state index is 13.4. The molecule has 1 atom stereocenters. The Kier molecular flexibility index (Phi) is 4.28. The first kappa shape index (κ1) is 13.7. The highest BCUT2D eigenvalue weighted by Crippen LogP contribution is 2.32. The van der Waals surface area contributed by atoms with Crippen LogP contribution in [0, 0.1) is 5.82 Å². The van der Waals surface area contributed by atoms with Gasteiger partial charge in [-0.15, -0.1) is 6.58 Å². The van der Waals surface area contributed by atoms with E-state index in [2.05, 4.69) is 6.58 Å². The Balaban J connectivity index is 3.02. The van der Waals surface area contributed by atoms with Crippen LogP contribution in [0.2, 0.25) is 0 Å². The van der Waals surface area contributed by atoms with E-state index in [0.717, 1.165) is 12.1 Å². The van der Waals surface area contributed by atoms with Gasteiger partial charge in [0.05, 0.1) is 5.56 Å². The molecule has 0 spiro atoms. The van der Waals surface area contributed by atoms with Crippen molar-refractivity contribution in [2.75, 3.05) is 0 Å². The van der Waals surface area contributed by atoms with E-state index in [-0.39, 0.29) is 5.56 Å². The fraction of sp³-hybridized carbons (Fsp3) is 0.333. The number of hydrogen-bond donors (Lipinski definition) is 1. The van der Waals surface area contributed by atoms with Crippen molar-refractivity contribution in [2.24, 2.45) is 5.73 Å². The van der Waals surface area contributed by atoms with Crippen molar-refractivity contribution in [1.82, 2.24) is 0 Å². The molecule has 0 saturated heterocycles. The Labute approximate surface area is 96.9 Å². The number of benzene rings is 1. The summed E-state index contributed by atoms with van der Waals surface area (Å²) in [6, 6.07) is 1.52. The van der Waals surface area contributed by atoms with Crippen LogP contribution in [0.1, 0.15) is 30.0 Å². The van der Waals surface area contributed by atoms with E-state index >= 15 is 0 Å². The van der Waals surface area contributed by atoms with Gasteiger partial charge in [0, 0.05) is 11.6 Å². The molecule has 0 bridgehead atoms. The van der Waals surface area contributed by atoms with Crippen molar-refractivity contribution in [3.63, 3.8) is 0 Å². The molecule has 0 amide bonds. The van der Waals surface area contributed by atoms with Crippen LogP contribution in [0.5, 0.6) is 0 Å². The molecule has 1 aromatic rings. The lowest BCUT2D eigenvalue weighted by molar-refractivity contribution is -0.137. The molecule has 0 fully saturated rings. The van der Waals surface area contributed by atoms with Gasteiger partial charge in [-0.3, -0.25) is 0 Å². The molecule has 94 valence electrons. The summed E-state index contributed by atoms with van der Waals surface area (Å²) in [6.07, 6.45) is -2.01. The summed E-state index contributed by atoms with van der Waals surface area (Å²) in [6.45, 7) is 3.48. The molecular weight excluding hydrogens is 234 g/mol. The maximum atomic E-state index is 13.4. The van der Waals surface area contributed by atoms with E-state index in [0.29, 0.717) is 18.9 Å². The third-order valence-corrected chi connectivity index (χ3v) is 2.40. The quantitative estimate of drug-likeness (QED) is 0.635. The molecule has 0 aliphatic heterocycles. The van der Waals surface area contributed by atoms with Crippen molar-refractivity contribution in [3.05, 3.63) is 47.8 Å². The van der Waals surface area contributed by atoms with Crippen molar-refractivity contribution in [3.8, 4) is 0 Å². The molecule has 5 heteroatoms. The highest BCUT2D eigenvalue weighted by Gasteiger charge is 2.31. The monoisotopic (exact) mass is 247 g/mol. The summed E-state index contributed by atoms with van der Waals surface area (Å²) < 4.78 is 50.7. The summed E-state index contributed by atoms with van der Waals surface area (Å²) in [4.78, 5) is 0. The normalized spacial score (nSPS) is 13.5. The minimum absolute atomic E-state index is 0.110. The van der Waals surface area contributed by atoms with Gasteiger partial charge in [-0.25, -0.2) is 4.39 Å². The third kappa shape index (κ3) is 3.56. The smallest absolute Gasteiger partial charge is 0.324 e. The molecule has 0 heterocycles. The number of allylic oxidation sites excluding steroid dienone is 1. The first-order valence-electron chi connectivity index (χ1n) is 5.09. The van der Waals surface area contributed by atoms with Crippen LogP contribution in [0.3, 0.4) is 0 Å².